The number of esters is 1. The van der Waals surface area contributed by atoms with Crippen molar-refractivity contribution in [3.8, 4) is 0 Å². The summed E-state index contributed by atoms with van der Waals surface area (Å²) in [6.45, 7) is 2.64. The van der Waals surface area contributed by atoms with E-state index < -0.39 is 0 Å². The van der Waals surface area contributed by atoms with Gasteiger partial charge in [-0.1, -0.05) is 13.3 Å². The van der Waals surface area contributed by atoms with Crippen molar-refractivity contribution in [2.24, 2.45) is 17.1 Å². The van der Waals surface area contributed by atoms with Crippen LogP contribution in [0.3, 0.4) is 0 Å². The maximum atomic E-state index is 12.0. The quantitative estimate of drug-likeness (QED) is 0.746. The van der Waals surface area contributed by atoms with E-state index in [9.17, 15) is 4.79 Å². The van der Waals surface area contributed by atoms with Crippen LogP contribution in [0.1, 0.15) is 51.9 Å². The average Bonchev–Trinajstić information content (AvgIpc) is 3.10. The highest BCUT2D eigenvalue weighted by Crippen LogP contribution is 2.46. The first-order valence-corrected chi connectivity index (χ1v) is 6.63. The first-order chi connectivity index (χ1) is 7.72. The molecule has 16 heavy (non-hydrogen) atoms. The van der Waals surface area contributed by atoms with Crippen LogP contribution in [-0.4, -0.2) is 18.6 Å². The molecule has 0 radical (unpaired) electrons. The summed E-state index contributed by atoms with van der Waals surface area (Å²) in [5.41, 5.74) is 5.35. The van der Waals surface area contributed by atoms with Gasteiger partial charge in [-0.15, -0.1) is 0 Å². The van der Waals surface area contributed by atoms with E-state index in [4.69, 9.17) is 10.5 Å². The Bertz CT molecular complexity index is 261. The molecular formula is C13H23NO2. The van der Waals surface area contributed by atoms with Gasteiger partial charge in [-0.2, -0.15) is 0 Å². The highest BCUT2D eigenvalue weighted by molar-refractivity contribution is 5.80. The Labute approximate surface area is 97.7 Å². The summed E-state index contributed by atoms with van der Waals surface area (Å²) < 4.78 is 5.69. The van der Waals surface area contributed by atoms with Crippen molar-refractivity contribution in [3.05, 3.63) is 0 Å². The Kier molecular flexibility index (Phi) is 3.53. The van der Waals surface area contributed by atoms with Gasteiger partial charge in [-0.25, -0.2) is 0 Å². The number of ether oxygens (including phenoxy) is 1. The topological polar surface area (TPSA) is 52.3 Å². The SMILES string of the molecule is CCC1CCCCC1OC(=O)C1(CN)CC1. The van der Waals surface area contributed by atoms with Crippen LogP contribution in [0.4, 0.5) is 0 Å². The van der Waals surface area contributed by atoms with Crippen molar-refractivity contribution in [1.82, 2.24) is 0 Å². The molecule has 0 aromatic rings. The second kappa shape index (κ2) is 4.74. The lowest BCUT2D eigenvalue weighted by atomic mass is 9.84. The van der Waals surface area contributed by atoms with E-state index in [1.165, 1.54) is 19.3 Å². The Morgan fingerprint density at radius 3 is 2.62 bits per heavy atom. The number of carbonyl (C=O) groups is 1. The number of hydrogen-bond donors (Lipinski definition) is 1. The molecule has 2 aliphatic carbocycles. The van der Waals surface area contributed by atoms with Crippen molar-refractivity contribution in [2.45, 2.75) is 58.0 Å². The first kappa shape index (κ1) is 11.9. The minimum atomic E-state index is -0.296. The van der Waals surface area contributed by atoms with Crippen molar-refractivity contribution in [2.75, 3.05) is 6.54 Å². The molecule has 2 fully saturated rings. The second-order valence-electron chi connectivity index (χ2n) is 5.38. The summed E-state index contributed by atoms with van der Waals surface area (Å²) in [6, 6.07) is 0. The zero-order valence-corrected chi connectivity index (χ0v) is 10.2. The number of hydrogen-bond acceptors (Lipinski definition) is 3. The molecule has 3 nitrogen and oxygen atoms in total. The molecule has 3 heteroatoms. The predicted molar refractivity (Wildman–Crippen MR) is 62.9 cm³/mol. The third-order valence-corrected chi connectivity index (χ3v) is 4.30. The molecule has 0 aromatic carbocycles. The lowest BCUT2D eigenvalue weighted by Gasteiger charge is -2.31. The fourth-order valence-electron chi connectivity index (χ4n) is 2.70. The molecule has 0 amide bonds. The van der Waals surface area contributed by atoms with Gasteiger partial charge in [0.1, 0.15) is 6.10 Å². The largest absolute Gasteiger partial charge is 0.462 e. The van der Waals surface area contributed by atoms with Gasteiger partial charge in [0.25, 0.3) is 0 Å². The van der Waals surface area contributed by atoms with Crippen LogP contribution in [0.2, 0.25) is 0 Å². The summed E-state index contributed by atoms with van der Waals surface area (Å²) in [5, 5.41) is 0. The minimum Gasteiger partial charge on any atom is -0.462 e. The summed E-state index contributed by atoms with van der Waals surface area (Å²) in [5.74, 6) is 0.548. The van der Waals surface area contributed by atoms with Crippen LogP contribution in [0.5, 0.6) is 0 Å². The van der Waals surface area contributed by atoms with Crippen LogP contribution in [-0.2, 0) is 9.53 Å². The van der Waals surface area contributed by atoms with Crippen LogP contribution in [0, 0.1) is 11.3 Å². The van der Waals surface area contributed by atoms with Gasteiger partial charge in [0.15, 0.2) is 0 Å². The van der Waals surface area contributed by atoms with E-state index in [2.05, 4.69) is 6.92 Å². The maximum absolute atomic E-state index is 12.0. The fourth-order valence-corrected chi connectivity index (χ4v) is 2.70. The number of rotatable bonds is 4. The molecule has 2 N–H and O–H groups in total. The van der Waals surface area contributed by atoms with Crippen LogP contribution >= 0.6 is 0 Å². The lowest BCUT2D eigenvalue weighted by molar-refractivity contribution is -0.160. The first-order valence-electron chi connectivity index (χ1n) is 6.63. The van der Waals surface area contributed by atoms with Gasteiger partial charge in [0.05, 0.1) is 5.41 Å². The minimum absolute atomic E-state index is 0.0275. The molecule has 0 aromatic heterocycles. The zero-order valence-electron chi connectivity index (χ0n) is 10.2. The normalized spacial score (nSPS) is 32.1. The standard InChI is InChI=1S/C13H23NO2/c1-2-10-5-3-4-6-11(10)16-12(15)13(9-14)7-8-13/h10-11H,2-9,14H2,1H3. The molecule has 2 unspecified atom stereocenters. The molecular weight excluding hydrogens is 202 g/mol. The third kappa shape index (κ3) is 2.24. The van der Waals surface area contributed by atoms with E-state index in [0.717, 1.165) is 25.7 Å². The molecule has 0 heterocycles. The average molecular weight is 225 g/mol. The van der Waals surface area contributed by atoms with Gasteiger partial charge < -0.3 is 10.5 Å². The number of carbonyl (C=O) groups excluding carboxylic acids is 1. The van der Waals surface area contributed by atoms with E-state index >= 15 is 0 Å². The second-order valence-corrected chi connectivity index (χ2v) is 5.38. The summed E-state index contributed by atoms with van der Waals surface area (Å²) in [6.07, 6.45) is 7.87. The van der Waals surface area contributed by atoms with E-state index in [1.807, 2.05) is 0 Å². The molecule has 0 spiro atoms. The van der Waals surface area contributed by atoms with E-state index in [-0.39, 0.29) is 17.5 Å². The lowest BCUT2D eigenvalue weighted by Crippen LogP contribution is -2.35. The molecule has 0 saturated heterocycles. The smallest absolute Gasteiger partial charge is 0.313 e. The molecule has 0 aliphatic heterocycles. The highest BCUT2D eigenvalue weighted by Gasteiger charge is 2.51. The Morgan fingerprint density at radius 2 is 2.06 bits per heavy atom. The molecule has 2 atom stereocenters. The zero-order chi connectivity index (χ0) is 11.6. The molecule has 2 rings (SSSR count). The van der Waals surface area contributed by atoms with Crippen molar-refractivity contribution in [1.29, 1.82) is 0 Å². The summed E-state index contributed by atoms with van der Waals surface area (Å²) in [7, 11) is 0. The molecule has 0 bridgehead atoms. The van der Waals surface area contributed by atoms with Crippen molar-refractivity contribution in [3.63, 3.8) is 0 Å². The Balaban J connectivity index is 1.90. The van der Waals surface area contributed by atoms with Crippen molar-refractivity contribution >= 4 is 5.97 Å². The van der Waals surface area contributed by atoms with Crippen LogP contribution in [0.25, 0.3) is 0 Å². The molecule has 92 valence electrons. The number of nitrogens with two attached hydrogens (primary N) is 1. The third-order valence-electron chi connectivity index (χ3n) is 4.30. The predicted octanol–water partition coefficient (Wildman–Crippen LogP) is 2.24. The van der Waals surface area contributed by atoms with Gasteiger partial charge in [-0.05, 0) is 44.4 Å². The van der Waals surface area contributed by atoms with Gasteiger partial charge in [0.2, 0.25) is 0 Å². The molecule has 2 aliphatic rings. The van der Waals surface area contributed by atoms with Crippen molar-refractivity contribution < 1.29 is 9.53 Å². The Hall–Kier alpha value is -0.570. The highest BCUT2D eigenvalue weighted by atomic mass is 16.5. The van der Waals surface area contributed by atoms with Crippen LogP contribution in [0.15, 0.2) is 0 Å². The van der Waals surface area contributed by atoms with E-state index in [0.29, 0.717) is 12.5 Å². The molecule has 2 saturated carbocycles. The van der Waals surface area contributed by atoms with E-state index in [1.54, 1.807) is 0 Å². The summed E-state index contributed by atoms with van der Waals surface area (Å²) in [4.78, 5) is 12.0. The Morgan fingerprint density at radius 1 is 1.38 bits per heavy atom. The fraction of sp³-hybridized carbons (Fsp3) is 0.923. The van der Waals surface area contributed by atoms with Gasteiger partial charge >= 0.3 is 5.97 Å². The maximum Gasteiger partial charge on any atom is 0.313 e. The van der Waals surface area contributed by atoms with Gasteiger partial charge in [-0.3, -0.25) is 4.79 Å². The monoisotopic (exact) mass is 225 g/mol. The summed E-state index contributed by atoms with van der Waals surface area (Å²) >= 11 is 0. The van der Waals surface area contributed by atoms with Crippen LogP contribution < -0.4 is 5.73 Å². The van der Waals surface area contributed by atoms with Gasteiger partial charge in [0, 0.05) is 6.54 Å².